The van der Waals surface area contributed by atoms with Gasteiger partial charge in [-0.2, -0.15) is 0 Å². The van der Waals surface area contributed by atoms with Crippen LogP contribution in [0.25, 0.3) is 0 Å². The van der Waals surface area contributed by atoms with Crippen LogP contribution in [-0.2, 0) is 6.54 Å². The molecule has 0 aliphatic heterocycles. The van der Waals surface area contributed by atoms with Gasteiger partial charge in [-0.3, -0.25) is 4.79 Å². The summed E-state index contributed by atoms with van der Waals surface area (Å²) in [6, 6.07) is 12.5. The molecule has 0 atom stereocenters. The van der Waals surface area contributed by atoms with Gasteiger partial charge in [0.2, 0.25) is 0 Å². The molecule has 0 spiro atoms. The van der Waals surface area contributed by atoms with E-state index in [1.165, 1.54) is 0 Å². The molecule has 1 amide bonds. The summed E-state index contributed by atoms with van der Waals surface area (Å²) >= 11 is 11.8. The van der Waals surface area contributed by atoms with Crippen molar-refractivity contribution >= 4 is 29.1 Å². The van der Waals surface area contributed by atoms with Crippen molar-refractivity contribution in [2.24, 2.45) is 0 Å². The summed E-state index contributed by atoms with van der Waals surface area (Å²) in [6.07, 6.45) is 0. The monoisotopic (exact) mass is 308 g/mol. The Hall–Kier alpha value is -1.58. The molecule has 0 radical (unpaired) electrons. The number of carbonyl (C=O) groups excluding carboxylic acids is 1. The van der Waals surface area contributed by atoms with Gasteiger partial charge in [-0.15, -0.1) is 0 Å². The first-order valence-corrected chi connectivity index (χ1v) is 7.02. The van der Waals surface area contributed by atoms with Gasteiger partial charge in [0.05, 0.1) is 0 Å². The first-order valence-electron chi connectivity index (χ1n) is 6.26. The van der Waals surface area contributed by atoms with Gasteiger partial charge in [-0.1, -0.05) is 41.4 Å². The number of pyridine rings is 1. The fraction of sp³-hybridized carbons (Fsp3) is 0.200. The molecule has 104 valence electrons. The highest BCUT2D eigenvalue weighted by atomic mass is 35.5. The van der Waals surface area contributed by atoms with Crippen LogP contribution < -0.4 is 0 Å². The van der Waals surface area contributed by atoms with Crippen LogP contribution in [-0.4, -0.2) is 22.3 Å². The number of nitrogens with zero attached hydrogens (tertiary/aromatic N) is 2. The van der Waals surface area contributed by atoms with Crippen molar-refractivity contribution in [2.45, 2.75) is 13.5 Å². The molecule has 0 aliphatic rings. The zero-order valence-electron chi connectivity index (χ0n) is 11.0. The minimum Gasteiger partial charge on any atom is -0.333 e. The summed E-state index contributed by atoms with van der Waals surface area (Å²) in [6.45, 7) is 3.00. The largest absolute Gasteiger partial charge is 0.333 e. The second-order valence-electron chi connectivity index (χ2n) is 4.29. The van der Waals surface area contributed by atoms with Gasteiger partial charge < -0.3 is 4.90 Å². The lowest BCUT2D eigenvalue weighted by Crippen LogP contribution is -2.30. The van der Waals surface area contributed by atoms with Crippen molar-refractivity contribution in [3.8, 4) is 0 Å². The van der Waals surface area contributed by atoms with Crippen molar-refractivity contribution in [1.29, 1.82) is 0 Å². The molecule has 2 rings (SSSR count). The van der Waals surface area contributed by atoms with Crippen LogP contribution in [0, 0.1) is 0 Å². The number of halogens is 2. The van der Waals surface area contributed by atoms with Gasteiger partial charge in [-0.25, -0.2) is 4.98 Å². The molecule has 0 aliphatic carbocycles. The van der Waals surface area contributed by atoms with E-state index in [0.717, 1.165) is 5.56 Å². The summed E-state index contributed by atoms with van der Waals surface area (Å²) in [7, 11) is 0. The number of aromatic nitrogens is 1. The van der Waals surface area contributed by atoms with Crippen LogP contribution in [0.3, 0.4) is 0 Å². The molecule has 2 aromatic rings. The van der Waals surface area contributed by atoms with Crippen LogP contribution >= 0.6 is 23.2 Å². The molecule has 1 heterocycles. The van der Waals surface area contributed by atoms with E-state index in [-0.39, 0.29) is 5.91 Å². The Bertz CT molecular complexity index is 616. The van der Waals surface area contributed by atoms with E-state index in [1.54, 1.807) is 23.1 Å². The van der Waals surface area contributed by atoms with Gasteiger partial charge in [0.25, 0.3) is 5.91 Å². The molecule has 1 aromatic carbocycles. The molecule has 1 aromatic heterocycles. The predicted molar refractivity (Wildman–Crippen MR) is 81.1 cm³/mol. The molecule has 20 heavy (non-hydrogen) atoms. The zero-order valence-corrected chi connectivity index (χ0v) is 12.5. The van der Waals surface area contributed by atoms with Gasteiger partial charge in [0.15, 0.2) is 0 Å². The molecule has 5 heteroatoms. The highest BCUT2D eigenvalue weighted by Gasteiger charge is 2.16. The van der Waals surface area contributed by atoms with Gasteiger partial charge >= 0.3 is 0 Å². The van der Waals surface area contributed by atoms with Gasteiger partial charge in [0, 0.05) is 18.1 Å². The molecule has 0 saturated heterocycles. The van der Waals surface area contributed by atoms with Crippen molar-refractivity contribution < 1.29 is 4.79 Å². The quantitative estimate of drug-likeness (QED) is 0.798. The van der Waals surface area contributed by atoms with E-state index >= 15 is 0 Å². The maximum absolute atomic E-state index is 12.4. The van der Waals surface area contributed by atoms with Crippen molar-refractivity contribution in [3.05, 3.63) is 63.9 Å². The number of rotatable bonds is 4. The van der Waals surface area contributed by atoms with Crippen LogP contribution in [0.5, 0.6) is 0 Å². The smallest absolute Gasteiger partial charge is 0.272 e. The second-order valence-corrected chi connectivity index (χ2v) is 5.12. The highest BCUT2D eigenvalue weighted by molar-refractivity contribution is 6.30. The third kappa shape index (κ3) is 3.71. The third-order valence-corrected chi connectivity index (χ3v) is 3.31. The highest BCUT2D eigenvalue weighted by Crippen LogP contribution is 2.14. The normalized spacial score (nSPS) is 10.3. The fourth-order valence-corrected chi connectivity index (χ4v) is 2.25. The van der Waals surface area contributed by atoms with E-state index in [9.17, 15) is 4.79 Å². The first kappa shape index (κ1) is 14.8. The average Bonchev–Trinajstić information content (AvgIpc) is 2.44. The number of benzene rings is 1. The summed E-state index contributed by atoms with van der Waals surface area (Å²) in [5, 5.41) is 0.974. The summed E-state index contributed by atoms with van der Waals surface area (Å²) in [5.41, 5.74) is 1.33. The van der Waals surface area contributed by atoms with E-state index in [0.29, 0.717) is 29.0 Å². The number of carbonyl (C=O) groups is 1. The maximum atomic E-state index is 12.4. The van der Waals surface area contributed by atoms with Gasteiger partial charge in [-0.05, 0) is 36.8 Å². The summed E-state index contributed by atoms with van der Waals surface area (Å²) < 4.78 is 0. The fourth-order valence-electron chi connectivity index (χ4n) is 1.87. The number of hydrogen-bond acceptors (Lipinski definition) is 2. The molecule has 3 nitrogen and oxygen atoms in total. The van der Waals surface area contributed by atoms with Crippen molar-refractivity contribution in [1.82, 2.24) is 9.88 Å². The summed E-state index contributed by atoms with van der Waals surface area (Å²) in [4.78, 5) is 18.1. The number of hydrogen-bond donors (Lipinski definition) is 0. The van der Waals surface area contributed by atoms with Crippen LogP contribution in [0.4, 0.5) is 0 Å². The Labute approximate surface area is 128 Å². The Morgan fingerprint density at radius 2 is 1.95 bits per heavy atom. The lowest BCUT2D eigenvalue weighted by atomic mass is 10.2. The zero-order chi connectivity index (χ0) is 14.5. The average molecular weight is 309 g/mol. The lowest BCUT2D eigenvalue weighted by Gasteiger charge is -2.20. The minimum atomic E-state index is -0.144. The third-order valence-electron chi connectivity index (χ3n) is 2.87. The SMILES string of the molecule is CCN(Cc1cccc(Cl)c1)C(=O)c1cccc(Cl)n1. The van der Waals surface area contributed by atoms with Crippen molar-refractivity contribution in [3.63, 3.8) is 0 Å². The van der Waals surface area contributed by atoms with E-state index in [4.69, 9.17) is 23.2 Å². The van der Waals surface area contributed by atoms with Crippen LogP contribution in [0.2, 0.25) is 10.2 Å². The molecule has 0 unspecified atom stereocenters. The maximum Gasteiger partial charge on any atom is 0.272 e. The van der Waals surface area contributed by atoms with Crippen LogP contribution in [0.1, 0.15) is 23.0 Å². The predicted octanol–water partition coefficient (Wildman–Crippen LogP) is 4.05. The Morgan fingerprint density at radius 1 is 1.20 bits per heavy atom. The van der Waals surface area contributed by atoms with E-state index in [1.807, 2.05) is 31.2 Å². The summed E-state index contributed by atoms with van der Waals surface area (Å²) in [5.74, 6) is -0.144. The topological polar surface area (TPSA) is 33.2 Å². The first-order chi connectivity index (χ1) is 9.60. The molecule has 0 fully saturated rings. The molecule has 0 N–H and O–H groups in total. The molecular weight excluding hydrogens is 295 g/mol. The van der Waals surface area contributed by atoms with Crippen LogP contribution in [0.15, 0.2) is 42.5 Å². The lowest BCUT2D eigenvalue weighted by molar-refractivity contribution is 0.0746. The second kappa shape index (κ2) is 6.73. The standard InChI is InChI=1S/C15H14Cl2N2O/c1-2-19(10-11-5-3-6-12(16)9-11)15(20)13-7-4-8-14(17)18-13/h3-9H,2,10H2,1H3. The molecule has 0 saturated carbocycles. The number of amides is 1. The van der Waals surface area contributed by atoms with E-state index in [2.05, 4.69) is 4.98 Å². The Kier molecular flexibility index (Phi) is 4.99. The van der Waals surface area contributed by atoms with Crippen molar-refractivity contribution in [2.75, 3.05) is 6.54 Å². The van der Waals surface area contributed by atoms with E-state index < -0.39 is 0 Å². The molecule has 0 bridgehead atoms. The minimum absolute atomic E-state index is 0.144. The molecular formula is C15H14Cl2N2O. The van der Waals surface area contributed by atoms with Gasteiger partial charge in [0.1, 0.15) is 10.8 Å². The Morgan fingerprint density at radius 3 is 2.60 bits per heavy atom. The Balaban J connectivity index is 2.18.